The Morgan fingerprint density at radius 2 is 1.96 bits per heavy atom. The minimum absolute atomic E-state index is 0.207. The van der Waals surface area contributed by atoms with E-state index < -0.39 is 36.0 Å². The fraction of sp³-hybridized carbons (Fsp3) is 0.375. The number of rotatable bonds is 5. The highest BCUT2D eigenvalue weighted by Gasteiger charge is 2.50. The molecule has 1 aliphatic rings. The molecule has 1 saturated heterocycles. The standard InChI is InChI=1S/C16H18Cl2N4O4/c1-3-6-19-14(25)20-12(23)8-22-13(24)16(2,21-15(22)26)10-5-4-9(17)7-11(10)18/h4-5,7H,3,6,8H2,1-2H3,(H,21,26)(H2,19,20,23,25). The summed E-state index contributed by atoms with van der Waals surface area (Å²) < 4.78 is 0. The summed E-state index contributed by atoms with van der Waals surface area (Å²) in [7, 11) is 0. The van der Waals surface area contributed by atoms with Gasteiger partial charge >= 0.3 is 12.1 Å². The van der Waals surface area contributed by atoms with Gasteiger partial charge < -0.3 is 10.6 Å². The minimum Gasteiger partial charge on any atom is -0.338 e. The number of carbonyl (C=O) groups is 4. The van der Waals surface area contributed by atoms with Gasteiger partial charge in [-0.2, -0.15) is 0 Å². The molecule has 1 unspecified atom stereocenters. The molecular formula is C16H18Cl2N4O4. The highest BCUT2D eigenvalue weighted by Crippen LogP contribution is 2.34. The monoisotopic (exact) mass is 400 g/mol. The van der Waals surface area contributed by atoms with Gasteiger partial charge in [-0.1, -0.05) is 36.2 Å². The number of benzene rings is 1. The van der Waals surface area contributed by atoms with Crippen LogP contribution in [0.2, 0.25) is 10.0 Å². The number of carbonyl (C=O) groups excluding carboxylic acids is 4. The Morgan fingerprint density at radius 1 is 1.27 bits per heavy atom. The largest absolute Gasteiger partial charge is 0.338 e. The Hall–Kier alpha value is -2.32. The maximum absolute atomic E-state index is 12.7. The van der Waals surface area contributed by atoms with Crippen LogP contribution >= 0.6 is 23.2 Å². The van der Waals surface area contributed by atoms with Crippen molar-refractivity contribution in [3.05, 3.63) is 33.8 Å². The maximum Gasteiger partial charge on any atom is 0.325 e. The summed E-state index contributed by atoms with van der Waals surface area (Å²) in [5, 5.41) is 7.64. The van der Waals surface area contributed by atoms with E-state index in [-0.39, 0.29) is 5.02 Å². The number of hydrogen-bond donors (Lipinski definition) is 3. The van der Waals surface area contributed by atoms with Crippen LogP contribution in [0.25, 0.3) is 0 Å². The Balaban J connectivity index is 2.13. The summed E-state index contributed by atoms with van der Waals surface area (Å²) in [5.41, 5.74) is -1.09. The fourth-order valence-electron chi connectivity index (χ4n) is 2.51. The van der Waals surface area contributed by atoms with Gasteiger partial charge in [0.15, 0.2) is 0 Å². The second-order valence-corrected chi connectivity index (χ2v) is 6.72. The average molecular weight is 401 g/mol. The molecule has 140 valence electrons. The predicted molar refractivity (Wildman–Crippen MR) is 95.9 cm³/mol. The lowest BCUT2D eigenvalue weighted by atomic mass is 9.92. The average Bonchev–Trinajstić information content (AvgIpc) is 2.76. The lowest BCUT2D eigenvalue weighted by molar-refractivity contribution is -0.134. The molecule has 1 aliphatic heterocycles. The van der Waals surface area contributed by atoms with Crippen LogP contribution in [0.4, 0.5) is 9.59 Å². The summed E-state index contributed by atoms with van der Waals surface area (Å²) >= 11 is 12.0. The third-order valence-corrected chi connectivity index (χ3v) is 4.38. The molecule has 1 aromatic rings. The first-order chi connectivity index (χ1) is 12.2. The smallest absolute Gasteiger partial charge is 0.325 e. The Bertz CT molecular complexity index is 771. The molecule has 6 amide bonds. The van der Waals surface area contributed by atoms with E-state index in [9.17, 15) is 19.2 Å². The third-order valence-electron chi connectivity index (χ3n) is 3.84. The van der Waals surface area contributed by atoms with E-state index in [4.69, 9.17) is 23.2 Å². The second kappa shape index (κ2) is 7.92. The molecule has 0 aromatic heterocycles. The van der Waals surface area contributed by atoms with Gasteiger partial charge in [-0.3, -0.25) is 19.8 Å². The van der Waals surface area contributed by atoms with E-state index in [2.05, 4.69) is 16.0 Å². The van der Waals surface area contributed by atoms with E-state index in [0.29, 0.717) is 23.6 Å². The fourth-order valence-corrected chi connectivity index (χ4v) is 3.11. The normalized spacial score (nSPS) is 19.3. The van der Waals surface area contributed by atoms with E-state index >= 15 is 0 Å². The van der Waals surface area contributed by atoms with Crippen LogP contribution in [0.3, 0.4) is 0 Å². The molecule has 0 spiro atoms. The summed E-state index contributed by atoms with van der Waals surface area (Å²) in [4.78, 5) is 49.1. The number of nitrogens with zero attached hydrogens (tertiary/aromatic N) is 1. The molecule has 0 saturated carbocycles. The molecule has 1 aromatic carbocycles. The van der Waals surface area contributed by atoms with Crippen LogP contribution in [0, 0.1) is 0 Å². The van der Waals surface area contributed by atoms with Crippen molar-refractivity contribution in [1.29, 1.82) is 0 Å². The topological polar surface area (TPSA) is 108 Å². The lowest BCUT2D eigenvalue weighted by Crippen LogP contribution is -2.47. The Morgan fingerprint density at radius 3 is 2.58 bits per heavy atom. The quantitative estimate of drug-likeness (QED) is 0.656. The van der Waals surface area contributed by atoms with Crippen LogP contribution in [0.15, 0.2) is 18.2 Å². The third kappa shape index (κ3) is 4.08. The van der Waals surface area contributed by atoms with Crippen LogP contribution in [-0.2, 0) is 15.1 Å². The molecule has 10 heteroatoms. The molecule has 1 fully saturated rings. The molecule has 0 aliphatic carbocycles. The van der Waals surface area contributed by atoms with Crippen molar-refractivity contribution in [2.24, 2.45) is 0 Å². The summed E-state index contributed by atoms with van der Waals surface area (Å²) in [6, 6.07) is 3.09. The number of halogens is 2. The lowest BCUT2D eigenvalue weighted by Gasteiger charge is -2.23. The zero-order chi connectivity index (χ0) is 19.5. The van der Waals surface area contributed by atoms with Gasteiger partial charge in [0, 0.05) is 22.2 Å². The second-order valence-electron chi connectivity index (χ2n) is 5.87. The molecule has 1 heterocycles. The van der Waals surface area contributed by atoms with E-state index in [0.717, 1.165) is 4.90 Å². The van der Waals surface area contributed by atoms with Crippen LogP contribution < -0.4 is 16.0 Å². The summed E-state index contributed by atoms with van der Waals surface area (Å²) in [6.45, 7) is 3.15. The first-order valence-corrected chi connectivity index (χ1v) is 8.62. The van der Waals surface area contributed by atoms with Gasteiger partial charge in [-0.05, 0) is 25.5 Å². The van der Waals surface area contributed by atoms with Crippen molar-refractivity contribution in [3.63, 3.8) is 0 Å². The molecule has 8 nitrogen and oxygen atoms in total. The Labute approximate surface area is 160 Å². The van der Waals surface area contributed by atoms with Crippen molar-refractivity contribution in [1.82, 2.24) is 20.9 Å². The molecule has 1 atom stereocenters. The number of nitrogens with one attached hydrogen (secondary N) is 3. The summed E-state index contributed by atoms with van der Waals surface area (Å²) in [5.74, 6) is -1.44. The van der Waals surface area contributed by atoms with Gasteiger partial charge in [-0.25, -0.2) is 9.59 Å². The first-order valence-electron chi connectivity index (χ1n) is 7.86. The van der Waals surface area contributed by atoms with Gasteiger partial charge in [0.1, 0.15) is 12.1 Å². The van der Waals surface area contributed by atoms with Crippen molar-refractivity contribution in [3.8, 4) is 0 Å². The van der Waals surface area contributed by atoms with Gasteiger partial charge in [0.25, 0.3) is 5.91 Å². The van der Waals surface area contributed by atoms with Gasteiger partial charge in [-0.15, -0.1) is 0 Å². The zero-order valence-electron chi connectivity index (χ0n) is 14.2. The minimum atomic E-state index is -1.44. The molecule has 0 radical (unpaired) electrons. The number of urea groups is 2. The van der Waals surface area contributed by atoms with Crippen LogP contribution in [0.1, 0.15) is 25.8 Å². The predicted octanol–water partition coefficient (Wildman–Crippen LogP) is 2.00. The van der Waals surface area contributed by atoms with Gasteiger partial charge in [0.2, 0.25) is 5.91 Å². The van der Waals surface area contributed by atoms with Crippen LogP contribution in [0.5, 0.6) is 0 Å². The SMILES string of the molecule is CCCNC(=O)NC(=O)CN1C(=O)NC(C)(c2ccc(Cl)cc2Cl)C1=O. The van der Waals surface area contributed by atoms with Crippen molar-refractivity contribution < 1.29 is 19.2 Å². The van der Waals surface area contributed by atoms with E-state index in [1.807, 2.05) is 6.92 Å². The van der Waals surface area contributed by atoms with Crippen LogP contribution in [-0.4, -0.2) is 41.9 Å². The number of imide groups is 2. The Kier molecular flexibility index (Phi) is 6.09. The molecule has 26 heavy (non-hydrogen) atoms. The number of hydrogen-bond acceptors (Lipinski definition) is 4. The maximum atomic E-state index is 12.7. The van der Waals surface area contributed by atoms with E-state index in [1.54, 1.807) is 6.07 Å². The van der Waals surface area contributed by atoms with Crippen molar-refractivity contribution in [2.45, 2.75) is 25.8 Å². The zero-order valence-corrected chi connectivity index (χ0v) is 15.7. The van der Waals surface area contributed by atoms with Gasteiger partial charge in [0.05, 0.1) is 0 Å². The molecule has 3 N–H and O–H groups in total. The first kappa shape index (κ1) is 20.0. The highest BCUT2D eigenvalue weighted by atomic mass is 35.5. The highest BCUT2D eigenvalue weighted by molar-refractivity contribution is 6.35. The van der Waals surface area contributed by atoms with Crippen molar-refractivity contribution in [2.75, 3.05) is 13.1 Å². The summed E-state index contributed by atoms with van der Waals surface area (Å²) in [6.07, 6.45) is 0.703. The molecule has 2 rings (SSSR count). The van der Waals surface area contributed by atoms with Crippen molar-refractivity contribution >= 4 is 47.1 Å². The molecular weight excluding hydrogens is 383 g/mol. The molecule has 0 bridgehead atoms. The number of amides is 6. The van der Waals surface area contributed by atoms with E-state index in [1.165, 1.54) is 19.1 Å².